The van der Waals surface area contributed by atoms with Crippen molar-refractivity contribution in [1.29, 1.82) is 0 Å². The lowest BCUT2D eigenvalue weighted by atomic mass is 9.97. The van der Waals surface area contributed by atoms with Crippen LogP contribution in [0.2, 0.25) is 0 Å². The second kappa shape index (κ2) is 7.34. The number of hydrogen-bond donors (Lipinski definition) is 0. The van der Waals surface area contributed by atoms with E-state index in [0.29, 0.717) is 6.61 Å². The second-order valence-electron chi connectivity index (χ2n) is 6.84. The number of imidazole rings is 1. The number of esters is 1. The van der Waals surface area contributed by atoms with Crippen LogP contribution < -0.4 is 4.90 Å². The first-order valence-electron chi connectivity index (χ1n) is 9.34. The number of piperidine rings is 1. The molecule has 0 saturated carbocycles. The van der Waals surface area contributed by atoms with Gasteiger partial charge in [-0.2, -0.15) is 0 Å². The summed E-state index contributed by atoms with van der Waals surface area (Å²) in [5.74, 6) is 0.714. The van der Waals surface area contributed by atoms with Crippen molar-refractivity contribution in [2.24, 2.45) is 5.92 Å². The summed E-state index contributed by atoms with van der Waals surface area (Å²) in [6.07, 6.45) is 4.91. The molecule has 0 aliphatic carbocycles. The largest absolute Gasteiger partial charge is 0.466 e. The topological polar surface area (TPSA) is 73.1 Å². The van der Waals surface area contributed by atoms with Gasteiger partial charge < -0.3 is 9.64 Å². The standard InChI is InChI=1S/C20H23N5O2/c1-3-27-20(26)15-7-9-24(10-8-15)18-17-19(22-12-21-18)25(13-23-17)16-6-4-5-14(2)11-16/h4-6,11-13,15H,3,7-10H2,1-2H3. The van der Waals surface area contributed by atoms with Crippen LogP contribution in [-0.2, 0) is 9.53 Å². The molecule has 0 spiro atoms. The van der Waals surface area contributed by atoms with Gasteiger partial charge in [0.1, 0.15) is 12.7 Å². The minimum atomic E-state index is -0.0892. The van der Waals surface area contributed by atoms with Crippen LogP contribution in [0.15, 0.2) is 36.9 Å². The van der Waals surface area contributed by atoms with Gasteiger partial charge in [0.05, 0.1) is 12.5 Å². The number of ether oxygens (including phenoxy) is 1. The first-order valence-corrected chi connectivity index (χ1v) is 9.34. The number of anilines is 1. The van der Waals surface area contributed by atoms with E-state index in [-0.39, 0.29) is 11.9 Å². The van der Waals surface area contributed by atoms with Crippen molar-refractivity contribution in [1.82, 2.24) is 19.5 Å². The third-order valence-electron chi connectivity index (χ3n) is 5.01. The Morgan fingerprint density at radius 2 is 2.04 bits per heavy atom. The molecule has 27 heavy (non-hydrogen) atoms. The Kier molecular flexibility index (Phi) is 4.75. The molecular formula is C20H23N5O2. The average molecular weight is 365 g/mol. The van der Waals surface area contributed by atoms with Gasteiger partial charge in [0, 0.05) is 18.8 Å². The summed E-state index contributed by atoms with van der Waals surface area (Å²) in [5.41, 5.74) is 3.79. The zero-order valence-electron chi connectivity index (χ0n) is 15.6. The van der Waals surface area contributed by atoms with Gasteiger partial charge in [-0.15, -0.1) is 0 Å². The maximum absolute atomic E-state index is 12.0. The molecule has 1 aromatic carbocycles. The summed E-state index contributed by atoms with van der Waals surface area (Å²) >= 11 is 0. The van der Waals surface area contributed by atoms with Crippen molar-refractivity contribution in [3.05, 3.63) is 42.5 Å². The molecule has 1 fully saturated rings. The fourth-order valence-electron chi connectivity index (χ4n) is 3.61. The summed E-state index contributed by atoms with van der Waals surface area (Å²) in [6, 6.07) is 8.24. The van der Waals surface area contributed by atoms with Crippen LogP contribution in [0.3, 0.4) is 0 Å². The number of aryl methyl sites for hydroxylation is 1. The molecule has 3 heterocycles. The summed E-state index contributed by atoms with van der Waals surface area (Å²) in [4.78, 5) is 27.7. The van der Waals surface area contributed by atoms with E-state index in [1.807, 2.05) is 23.6 Å². The highest BCUT2D eigenvalue weighted by Crippen LogP contribution is 2.28. The third-order valence-corrected chi connectivity index (χ3v) is 5.01. The van der Waals surface area contributed by atoms with Crippen molar-refractivity contribution < 1.29 is 9.53 Å². The van der Waals surface area contributed by atoms with Crippen molar-refractivity contribution in [3.63, 3.8) is 0 Å². The predicted octanol–water partition coefficient (Wildman–Crippen LogP) is 2.90. The van der Waals surface area contributed by atoms with Crippen LogP contribution in [0.4, 0.5) is 5.82 Å². The minimum absolute atomic E-state index is 0.0246. The molecule has 3 aromatic rings. The highest BCUT2D eigenvalue weighted by Gasteiger charge is 2.28. The molecule has 2 aromatic heterocycles. The molecule has 1 saturated heterocycles. The van der Waals surface area contributed by atoms with E-state index in [1.54, 1.807) is 12.7 Å². The Labute approximate surface area is 158 Å². The summed E-state index contributed by atoms with van der Waals surface area (Å²) in [7, 11) is 0. The van der Waals surface area contributed by atoms with Crippen LogP contribution in [-0.4, -0.2) is 45.2 Å². The molecule has 7 nitrogen and oxygen atoms in total. The quantitative estimate of drug-likeness (QED) is 0.662. The molecular weight excluding hydrogens is 342 g/mol. The molecule has 1 aliphatic heterocycles. The van der Waals surface area contributed by atoms with E-state index in [1.165, 1.54) is 5.56 Å². The molecule has 7 heteroatoms. The Bertz CT molecular complexity index is 960. The number of benzene rings is 1. The highest BCUT2D eigenvalue weighted by atomic mass is 16.5. The number of fused-ring (bicyclic) bond motifs is 1. The minimum Gasteiger partial charge on any atom is -0.466 e. The molecule has 0 unspecified atom stereocenters. The summed E-state index contributed by atoms with van der Waals surface area (Å²) < 4.78 is 7.14. The van der Waals surface area contributed by atoms with Crippen LogP contribution in [0.25, 0.3) is 16.9 Å². The van der Waals surface area contributed by atoms with Crippen LogP contribution in [0, 0.1) is 12.8 Å². The fourth-order valence-corrected chi connectivity index (χ4v) is 3.61. The van der Waals surface area contributed by atoms with Gasteiger partial charge in [-0.25, -0.2) is 15.0 Å². The Morgan fingerprint density at radius 1 is 1.22 bits per heavy atom. The lowest BCUT2D eigenvalue weighted by Crippen LogP contribution is -2.37. The molecule has 0 bridgehead atoms. The van der Waals surface area contributed by atoms with Gasteiger partial charge in [0.25, 0.3) is 0 Å². The molecule has 140 valence electrons. The van der Waals surface area contributed by atoms with E-state index in [4.69, 9.17) is 4.74 Å². The van der Waals surface area contributed by atoms with Gasteiger partial charge in [-0.1, -0.05) is 12.1 Å². The average Bonchev–Trinajstić information content (AvgIpc) is 3.12. The Hall–Kier alpha value is -2.96. The van der Waals surface area contributed by atoms with Gasteiger partial charge in [-0.05, 0) is 44.4 Å². The maximum Gasteiger partial charge on any atom is 0.309 e. The van der Waals surface area contributed by atoms with Crippen molar-refractivity contribution in [2.45, 2.75) is 26.7 Å². The Balaban J connectivity index is 1.60. The van der Waals surface area contributed by atoms with Gasteiger partial charge in [0.15, 0.2) is 17.0 Å². The molecule has 0 amide bonds. The number of rotatable bonds is 4. The van der Waals surface area contributed by atoms with Gasteiger partial charge >= 0.3 is 5.97 Å². The SMILES string of the molecule is CCOC(=O)C1CCN(c2ncnc3c2ncn3-c2cccc(C)c2)CC1. The smallest absolute Gasteiger partial charge is 0.309 e. The molecule has 0 atom stereocenters. The Morgan fingerprint density at radius 3 is 2.78 bits per heavy atom. The maximum atomic E-state index is 12.0. The zero-order valence-corrected chi connectivity index (χ0v) is 15.6. The second-order valence-corrected chi connectivity index (χ2v) is 6.84. The summed E-state index contributed by atoms with van der Waals surface area (Å²) in [5, 5.41) is 0. The number of carbonyl (C=O) groups excluding carboxylic acids is 1. The fraction of sp³-hybridized carbons (Fsp3) is 0.400. The van der Waals surface area contributed by atoms with Gasteiger partial charge in [0.2, 0.25) is 0 Å². The van der Waals surface area contributed by atoms with Crippen LogP contribution in [0.1, 0.15) is 25.3 Å². The lowest BCUT2D eigenvalue weighted by Gasteiger charge is -2.31. The number of hydrogen-bond acceptors (Lipinski definition) is 6. The number of aromatic nitrogens is 4. The van der Waals surface area contributed by atoms with E-state index in [9.17, 15) is 4.79 Å². The monoisotopic (exact) mass is 365 g/mol. The van der Waals surface area contributed by atoms with E-state index in [2.05, 4.69) is 38.9 Å². The van der Waals surface area contributed by atoms with Crippen molar-refractivity contribution >= 4 is 23.0 Å². The predicted molar refractivity (Wildman–Crippen MR) is 103 cm³/mol. The molecule has 0 radical (unpaired) electrons. The molecule has 0 N–H and O–H groups in total. The van der Waals surface area contributed by atoms with Crippen LogP contribution >= 0.6 is 0 Å². The van der Waals surface area contributed by atoms with Gasteiger partial charge in [-0.3, -0.25) is 9.36 Å². The first kappa shape index (κ1) is 17.5. The van der Waals surface area contributed by atoms with Crippen molar-refractivity contribution in [3.8, 4) is 5.69 Å². The number of nitrogens with zero attached hydrogens (tertiary/aromatic N) is 5. The normalized spacial score (nSPS) is 15.3. The lowest BCUT2D eigenvalue weighted by molar-refractivity contribution is -0.148. The molecule has 1 aliphatic rings. The first-order chi connectivity index (χ1) is 13.2. The van der Waals surface area contributed by atoms with E-state index < -0.39 is 0 Å². The number of carbonyl (C=O) groups is 1. The van der Waals surface area contributed by atoms with E-state index in [0.717, 1.165) is 48.6 Å². The molecule has 4 rings (SSSR count). The van der Waals surface area contributed by atoms with Crippen molar-refractivity contribution in [2.75, 3.05) is 24.6 Å². The van der Waals surface area contributed by atoms with E-state index >= 15 is 0 Å². The third kappa shape index (κ3) is 3.37. The van der Waals surface area contributed by atoms with Crippen LogP contribution in [0.5, 0.6) is 0 Å². The summed E-state index contributed by atoms with van der Waals surface area (Å²) in [6.45, 7) is 5.85. The highest BCUT2D eigenvalue weighted by molar-refractivity contribution is 5.84. The zero-order chi connectivity index (χ0) is 18.8.